The van der Waals surface area contributed by atoms with Gasteiger partial charge in [-0.25, -0.2) is 0 Å². The van der Waals surface area contributed by atoms with Gasteiger partial charge in [-0.15, -0.1) is 0 Å². The summed E-state index contributed by atoms with van der Waals surface area (Å²) in [5.74, 6) is 0. The monoisotopic (exact) mass is 216 g/mol. The second-order valence-electron chi connectivity index (χ2n) is 3.95. The first-order valence-electron chi connectivity index (χ1n) is 5.00. The van der Waals surface area contributed by atoms with E-state index in [1.165, 1.54) is 6.33 Å². The lowest BCUT2D eigenvalue weighted by Crippen LogP contribution is -2.16. The first-order chi connectivity index (χ1) is 7.63. The van der Waals surface area contributed by atoms with E-state index < -0.39 is 5.56 Å². The fraction of sp³-hybridized carbons (Fsp3) is 0.364. The minimum atomic E-state index is -0.444. The van der Waals surface area contributed by atoms with Gasteiger partial charge in [-0.1, -0.05) is 0 Å². The molecule has 5 heteroatoms. The molecule has 1 aliphatic heterocycles. The molecule has 0 amide bonds. The van der Waals surface area contributed by atoms with E-state index >= 15 is 0 Å². The molecule has 1 aliphatic rings. The standard InChI is InChI=1S/C11H12N4O/c1-14(2)6-8-3-4-15-7-13-11(16)9(5-12)10(8)15/h6-7H,3-4H2,1-2H3/b8-6-. The molecule has 0 atom stereocenters. The largest absolute Gasteiger partial charge is 0.383 e. The highest BCUT2D eigenvalue weighted by Crippen LogP contribution is 2.27. The molecule has 5 nitrogen and oxygen atoms in total. The highest BCUT2D eigenvalue weighted by Gasteiger charge is 2.21. The molecule has 0 fully saturated rings. The molecule has 0 saturated heterocycles. The van der Waals surface area contributed by atoms with Gasteiger partial charge in [0.2, 0.25) is 0 Å². The van der Waals surface area contributed by atoms with E-state index in [0.29, 0.717) is 0 Å². The first kappa shape index (κ1) is 10.4. The van der Waals surface area contributed by atoms with Crippen molar-refractivity contribution >= 4 is 5.57 Å². The van der Waals surface area contributed by atoms with Crippen LogP contribution in [0, 0.1) is 11.3 Å². The average Bonchev–Trinajstić information content (AvgIpc) is 2.61. The van der Waals surface area contributed by atoms with Gasteiger partial charge in [0.15, 0.2) is 0 Å². The third-order valence-corrected chi connectivity index (χ3v) is 2.50. The Morgan fingerprint density at radius 2 is 2.38 bits per heavy atom. The van der Waals surface area contributed by atoms with Gasteiger partial charge in [0, 0.05) is 26.8 Å². The lowest BCUT2D eigenvalue weighted by atomic mass is 10.1. The molecular weight excluding hydrogens is 204 g/mol. The normalized spacial score (nSPS) is 15.9. The van der Waals surface area contributed by atoms with Crippen LogP contribution in [0.15, 0.2) is 17.3 Å². The van der Waals surface area contributed by atoms with Crippen molar-refractivity contribution in [2.45, 2.75) is 13.0 Å². The highest BCUT2D eigenvalue weighted by molar-refractivity contribution is 5.69. The maximum absolute atomic E-state index is 11.5. The van der Waals surface area contributed by atoms with Crippen molar-refractivity contribution in [2.75, 3.05) is 14.1 Å². The fourth-order valence-electron chi connectivity index (χ4n) is 1.90. The summed E-state index contributed by atoms with van der Waals surface area (Å²) in [6, 6.07) is 1.94. The summed E-state index contributed by atoms with van der Waals surface area (Å²) in [5.41, 5.74) is 1.44. The minimum Gasteiger partial charge on any atom is -0.383 e. The Morgan fingerprint density at radius 1 is 1.62 bits per heavy atom. The summed E-state index contributed by atoms with van der Waals surface area (Å²) in [7, 11) is 3.84. The molecule has 0 aromatic carbocycles. The van der Waals surface area contributed by atoms with E-state index in [0.717, 1.165) is 24.2 Å². The molecule has 0 bridgehead atoms. The van der Waals surface area contributed by atoms with Crippen molar-refractivity contribution in [1.29, 1.82) is 5.26 Å². The second kappa shape index (κ2) is 3.81. The van der Waals surface area contributed by atoms with Gasteiger partial charge < -0.3 is 9.47 Å². The summed E-state index contributed by atoms with van der Waals surface area (Å²) in [6.07, 6.45) is 4.28. The molecule has 16 heavy (non-hydrogen) atoms. The fourth-order valence-corrected chi connectivity index (χ4v) is 1.90. The topological polar surface area (TPSA) is 61.9 Å². The van der Waals surface area contributed by atoms with Crippen molar-refractivity contribution in [3.8, 4) is 6.07 Å². The molecule has 1 aromatic heterocycles. The summed E-state index contributed by atoms with van der Waals surface area (Å²) in [5, 5.41) is 8.99. The van der Waals surface area contributed by atoms with Crippen LogP contribution in [-0.2, 0) is 6.54 Å². The van der Waals surface area contributed by atoms with Gasteiger partial charge in [-0.3, -0.25) is 4.79 Å². The molecule has 0 unspecified atom stereocenters. The zero-order chi connectivity index (χ0) is 11.7. The number of rotatable bonds is 1. The van der Waals surface area contributed by atoms with Crippen LogP contribution in [0.5, 0.6) is 0 Å². The summed E-state index contributed by atoms with van der Waals surface area (Å²) >= 11 is 0. The van der Waals surface area contributed by atoms with Crippen molar-refractivity contribution in [2.24, 2.45) is 0 Å². The highest BCUT2D eigenvalue weighted by atomic mass is 16.1. The third-order valence-electron chi connectivity index (χ3n) is 2.50. The summed E-state index contributed by atoms with van der Waals surface area (Å²) in [6.45, 7) is 0.775. The van der Waals surface area contributed by atoms with Gasteiger partial charge in [-0.2, -0.15) is 10.2 Å². The predicted molar refractivity (Wildman–Crippen MR) is 59.5 cm³/mol. The summed E-state index contributed by atoms with van der Waals surface area (Å²) in [4.78, 5) is 17.0. The van der Waals surface area contributed by atoms with Gasteiger partial charge in [-0.05, 0) is 12.0 Å². The Morgan fingerprint density at radius 3 is 3.00 bits per heavy atom. The molecule has 2 heterocycles. The van der Waals surface area contributed by atoms with Crippen LogP contribution in [0.1, 0.15) is 17.7 Å². The van der Waals surface area contributed by atoms with Gasteiger partial charge in [0.05, 0.1) is 12.0 Å². The van der Waals surface area contributed by atoms with Crippen molar-refractivity contribution in [1.82, 2.24) is 14.5 Å². The maximum Gasteiger partial charge on any atom is 0.291 e. The van der Waals surface area contributed by atoms with Gasteiger partial charge in [0.1, 0.15) is 11.6 Å². The van der Waals surface area contributed by atoms with Crippen LogP contribution in [0.2, 0.25) is 0 Å². The number of nitriles is 1. The number of hydrogen-bond donors (Lipinski definition) is 0. The number of nitrogens with zero attached hydrogens (tertiary/aromatic N) is 4. The number of aromatic nitrogens is 2. The molecular formula is C11H12N4O. The van der Waals surface area contributed by atoms with Crippen LogP contribution in [0.25, 0.3) is 5.57 Å². The average molecular weight is 216 g/mol. The smallest absolute Gasteiger partial charge is 0.291 e. The van der Waals surface area contributed by atoms with Gasteiger partial charge >= 0.3 is 0 Å². The van der Waals surface area contributed by atoms with Crippen molar-refractivity contribution in [3.63, 3.8) is 0 Å². The Hall–Kier alpha value is -2.09. The van der Waals surface area contributed by atoms with Gasteiger partial charge in [0.25, 0.3) is 5.56 Å². The predicted octanol–water partition coefficient (Wildman–Crippen LogP) is 0.421. The van der Waals surface area contributed by atoms with E-state index in [2.05, 4.69) is 4.98 Å². The summed E-state index contributed by atoms with van der Waals surface area (Å²) < 4.78 is 1.86. The van der Waals surface area contributed by atoms with Crippen molar-refractivity contribution < 1.29 is 0 Å². The quantitative estimate of drug-likeness (QED) is 0.682. The van der Waals surface area contributed by atoms with Crippen LogP contribution in [-0.4, -0.2) is 28.5 Å². The second-order valence-corrected chi connectivity index (χ2v) is 3.95. The number of fused-ring (bicyclic) bond motifs is 1. The Balaban J connectivity index is 2.66. The molecule has 0 saturated carbocycles. The molecule has 2 rings (SSSR count). The van der Waals surface area contributed by atoms with Crippen molar-refractivity contribution in [3.05, 3.63) is 34.1 Å². The zero-order valence-corrected chi connectivity index (χ0v) is 9.27. The van der Waals surface area contributed by atoms with E-state index in [1.807, 2.05) is 35.8 Å². The van der Waals surface area contributed by atoms with E-state index in [4.69, 9.17) is 5.26 Å². The molecule has 1 aromatic rings. The number of allylic oxidation sites excluding steroid dienone is 1. The van der Waals surface area contributed by atoms with E-state index in [-0.39, 0.29) is 5.56 Å². The number of aryl methyl sites for hydroxylation is 1. The SMILES string of the molecule is CN(C)/C=C1/CCn2cnc(=O)c(C#N)c21. The third kappa shape index (κ3) is 1.58. The molecule has 0 radical (unpaired) electrons. The zero-order valence-electron chi connectivity index (χ0n) is 9.27. The minimum absolute atomic E-state index is 0.146. The molecule has 0 spiro atoms. The molecule has 0 aliphatic carbocycles. The number of hydrogen-bond acceptors (Lipinski definition) is 4. The lowest BCUT2D eigenvalue weighted by Gasteiger charge is -2.08. The van der Waals surface area contributed by atoms with Crippen LogP contribution in [0.4, 0.5) is 0 Å². The Bertz CT molecular complexity index is 548. The van der Waals surface area contributed by atoms with Crippen LogP contribution in [0.3, 0.4) is 0 Å². The maximum atomic E-state index is 11.5. The Kier molecular flexibility index (Phi) is 2.49. The van der Waals surface area contributed by atoms with Crippen LogP contribution >= 0.6 is 0 Å². The molecule has 0 N–H and O–H groups in total. The molecule has 82 valence electrons. The van der Waals surface area contributed by atoms with E-state index in [1.54, 1.807) is 0 Å². The van der Waals surface area contributed by atoms with Crippen LogP contribution < -0.4 is 5.56 Å². The lowest BCUT2D eigenvalue weighted by molar-refractivity contribution is 0.564. The van der Waals surface area contributed by atoms with E-state index in [9.17, 15) is 4.79 Å². The first-order valence-corrected chi connectivity index (χ1v) is 5.00. The Labute approximate surface area is 93.3 Å².